The number of amides is 1. The average Bonchev–Trinajstić information content (AvgIpc) is 2.57. The van der Waals surface area contributed by atoms with Crippen LogP contribution in [-0.2, 0) is 0 Å². The zero-order valence-electron chi connectivity index (χ0n) is 13.7. The van der Waals surface area contributed by atoms with Gasteiger partial charge in [-0.3, -0.25) is 20.2 Å². The van der Waals surface area contributed by atoms with Gasteiger partial charge in [0.1, 0.15) is 0 Å². The number of thiocarbonyl (C=S) groups is 1. The van der Waals surface area contributed by atoms with E-state index in [-0.39, 0.29) is 28.7 Å². The Bertz CT molecular complexity index is 823. The minimum absolute atomic E-state index is 0.107. The standard InChI is InChI=1S/C17H17N3O4S/c1-3-24-15-9-8-12(10-14(15)20(22)23)16(21)19-17(25)18-13-7-5-4-6-11(13)2/h4-10H,3H2,1-2H3,(H2,18,19,21,25). The molecule has 7 nitrogen and oxygen atoms in total. The van der Waals surface area contributed by atoms with Gasteiger partial charge in [0.15, 0.2) is 10.9 Å². The molecule has 0 bridgehead atoms. The highest BCUT2D eigenvalue weighted by molar-refractivity contribution is 7.80. The fourth-order valence-corrected chi connectivity index (χ4v) is 2.32. The van der Waals surface area contributed by atoms with E-state index in [2.05, 4.69) is 10.6 Å². The lowest BCUT2D eigenvalue weighted by molar-refractivity contribution is -0.385. The molecular formula is C17H17N3O4S. The third-order valence-corrected chi connectivity index (χ3v) is 3.54. The van der Waals surface area contributed by atoms with Gasteiger partial charge in [0, 0.05) is 17.3 Å². The SMILES string of the molecule is CCOc1ccc(C(=O)NC(=S)Nc2ccccc2C)cc1[N+](=O)[O-]. The van der Waals surface area contributed by atoms with E-state index >= 15 is 0 Å². The topological polar surface area (TPSA) is 93.5 Å². The van der Waals surface area contributed by atoms with Gasteiger partial charge in [-0.25, -0.2) is 0 Å². The maximum atomic E-state index is 12.3. The Hall–Kier alpha value is -3.00. The summed E-state index contributed by atoms with van der Waals surface area (Å²) in [6, 6.07) is 11.5. The number of ether oxygens (including phenoxy) is 1. The summed E-state index contributed by atoms with van der Waals surface area (Å²) >= 11 is 5.12. The summed E-state index contributed by atoms with van der Waals surface area (Å²) in [6.07, 6.45) is 0. The predicted octanol–water partition coefficient (Wildman–Crippen LogP) is 3.43. The number of benzene rings is 2. The van der Waals surface area contributed by atoms with Gasteiger partial charge in [0.2, 0.25) is 0 Å². The highest BCUT2D eigenvalue weighted by Crippen LogP contribution is 2.28. The Labute approximate surface area is 150 Å². The van der Waals surface area contributed by atoms with E-state index in [0.29, 0.717) is 0 Å². The molecule has 0 aromatic heterocycles. The lowest BCUT2D eigenvalue weighted by atomic mass is 10.1. The summed E-state index contributed by atoms with van der Waals surface area (Å²) in [4.78, 5) is 22.8. The number of aryl methyl sites for hydroxylation is 1. The Kier molecular flexibility index (Phi) is 6.02. The van der Waals surface area contributed by atoms with Gasteiger partial charge in [-0.15, -0.1) is 0 Å². The minimum Gasteiger partial charge on any atom is -0.487 e. The number of nitrogens with zero attached hydrogens (tertiary/aromatic N) is 1. The lowest BCUT2D eigenvalue weighted by Crippen LogP contribution is -2.34. The summed E-state index contributed by atoms with van der Waals surface area (Å²) in [7, 11) is 0. The smallest absolute Gasteiger partial charge is 0.311 e. The molecule has 0 heterocycles. The minimum atomic E-state index is -0.592. The quantitative estimate of drug-likeness (QED) is 0.483. The molecule has 1 amide bonds. The zero-order chi connectivity index (χ0) is 18.4. The highest BCUT2D eigenvalue weighted by Gasteiger charge is 2.19. The van der Waals surface area contributed by atoms with Crippen LogP contribution in [0.3, 0.4) is 0 Å². The summed E-state index contributed by atoms with van der Waals surface area (Å²) in [5.74, 6) is -0.429. The van der Waals surface area contributed by atoms with E-state index < -0.39 is 10.8 Å². The van der Waals surface area contributed by atoms with Crippen molar-refractivity contribution in [3.8, 4) is 5.75 Å². The molecule has 0 saturated heterocycles. The van der Waals surface area contributed by atoms with Crippen molar-refractivity contribution in [3.05, 3.63) is 63.7 Å². The van der Waals surface area contributed by atoms with Crippen molar-refractivity contribution >= 4 is 34.6 Å². The van der Waals surface area contributed by atoms with Gasteiger partial charge in [-0.05, 0) is 49.8 Å². The van der Waals surface area contributed by atoms with Crippen LogP contribution in [0.4, 0.5) is 11.4 Å². The van der Waals surface area contributed by atoms with E-state index in [1.54, 1.807) is 6.92 Å². The molecule has 25 heavy (non-hydrogen) atoms. The fraction of sp³-hybridized carbons (Fsp3) is 0.176. The van der Waals surface area contributed by atoms with Crippen molar-refractivity contribution in [2.24, 2.45) is 0 Å². The Morgan fingerprint density at radius 3 is 2.64 bits per heavy atom. The van der Waals surface area contributed by atoms with Crippen LogP contribution in [0, 0.1) is 17.0 Å². The first-order valence-electron chi connectivity index (χ1n) is 7.51. The molecule has 0 aliphatic rings. The van der Waals surface area contributed by atoms with Gasteiger partial charge in [0.25, 0.3) is 5.91 Å². The van der Waals surface area contributed by atoms with Gasteiger partial charge >= 0.3 is 5.69 Å². The lowest BCUT2D eigenvalue weighted by Gasteiger charge is -2.12. The number of hydrogen-bond acceptors (Lipinski definition) is 5. The Morgan fingerprint density at radius 1 is 1.28 bits per heavy atom. The molecule has 0 unspecified atom stereocenters. The van der Waals surface area contributed by atoms with E-state index in [1.807, 2.05) is 31.2 Å². The first kappa shape index (κ1) is 18.3. The largest absolute Gasteiger partial charge is 0.487 e. The van der Waals surface area contributed by atoms with E-state index in [4.69, 9.17) is 17.0 Å². The zero-order valence-corrected chi connectivity index (χ0v) is 14.6. The number of nitro benzene ring substituents is 1. The summed E-state index contributed by atoms with van der Waals surface area (Å²) < 4.78 is 5.19. The molecule has 8 heteroatoms. The maximum absolute atomic E-state index is 12.3. The molecule has 0 saturated carbocycles. The number of carbonyl (C=O) groups excluding carboxylic acids is 1. The van der Waals surface area contributed by atoms with Gasteiger partial charge in [-0.1, -0.05) is 18.2 Å². The van der Waals surface area contributed by atoms with Crippen LogP contribution in [0.1, 0.15) is 22.8 Å². The van der Waals surface area contributed by atoms with Crippen molar-refractivity contribution in [2.45, 2.75) is 13.8 Å². The predicted molar refractivity (Wildman–Crippen MR) is 99.1 cm³/mol. The summed E-state index contributed by atoms with van der Waals surface area (Å²) in [5, 5.41) is 16.7. The van der Waals surface area contributed by atoms with Crippen LogP contribution in [0.15, 0.2) is 42.5 Å². The van der Waals surface area contributed by atoms with E-state index in [9.17, 15) is 14.9 Å². The van der Waals surface area contributed by atoms with E-state index in [0.717, 1.165) is 17.3 Å². The van der Waals surface area contributed by atoms with Gasteiger partial charge < -0.3 is 10.1 Å². The summed E-state index contributed by atoms with van der Waals surface area (Å²) in [6.45, 7) is 3.92. The molecule has 0 aliphatic heterocycles. The number of nitrogens with one attached hydrogen (secondary N) is 2. The fourth-order valence-electron chi connectivity index (χ4n) is 2.12. The van der Waals surface area contributed by atoms with Crippen LogP contribution < -0.4 is 15.4 Å². The molecule has 2 rings (SSSR count). The molecule has 0 spiro atoms. The number of para-hydroxylation sites is 1. The van der Waals surface area contributed by atoms with Crippen LogP contribution in [0.2, 0.25) is 0 Å². The van der Waals surface area contributed by atoms with Crippen molar-refractivity contribution in [1.82, 2.24) is 5.32 Å². The van der Waals surface area contributed by atoms with Crippen LogP contribution in [-0.4, -0.2) is 22.5 Å². The van der Waals surface area contributed by atoms with Crippen molar-refractivity contribution in [2.75, 3.05) is 11.9 Å². The average molecular weight is 359 g/mol. The summed E-state index contributed by atoms with van der Waals surface area (Å²) in [5.41, 5.74) is 1.58. The molecule has 2 N–H and O–H groups in total. The van der Waals surface area contributed by atoms with Crippen molar-refractivity contribution in [3.63, 3.8) is 0 Å². The van der Waals surface area contributed by atoms with Crippen LogP contribution in [0.25, 0.3) is 0 Å². The van der Waals surface area contributed by atoms with Crippen molar-refractivity contribution in [1.29, 1.82) is 0 Å². The molecule has 0 atom stereocenters. The molecular weight excluding hydrogens is 342 g/mol. The second-order valence-electron chi connectivity index (χ2n) is 5.10. The monoisotopic (exact) mass is 359 g/mol. The second-order valence-corrected chi connectivity index (χ2v) is 5.50. The Morgan fingerprint density at radius 2 is 2.00 bits per heavy atom. The second kappa shape index (κ2) is 8.20. The third kappa shape index (κ3) is 4.74. The maximum Gasteiger partial charge on any atom is 0.311 e. The number of anilines is 1. The highest BCUT2D eigenvalue weighted by atomic mass is 32.1. The molecule has 0 fully saturated rings. The van der Waals surface area contributed by atoms with Gasteiger partial charge in [0.05, 0.1) is 11.5 Å². The Balaban J connectivity index is 2.12. The van der Waals surface area contributed by atoms with Crippen molar-refractivity contribution < 1.29 is 14.5 Å². The van der Waals surface area contributed by atoms with E-state index in [1.165, 1.54) is 12.1 Å². The normalized spacial score (nSPS) is 10.0. The number of rotatable bonds is 5. The number of carbonyl (C=O) groups is 1. The van der Waals surface area contributed by atoms with Crippen LogP contribution in [0.5, 0.6) is 5.75 Å². The molecule has 0 radical (unpaired) electrons. The van der Waals surface area contributed by atoms with Gasteiger partial charge in [-0.2, -0.15) is 0 Å². The molecule has 0 aliphatic carbocycles. The molecule has 2 aromatic carbocycles. The first-order valence-corrected chi connectivity index (χ1v) is 7.92. The van der Waals surface area contributed by atoms with Crippen LogP contribution >= 0.6 is 12.2 Å². The molecule has 2 aromatic rings. The first-order chi connectivity index (χ1) is 11.9. The number of hydrogen-bond donors (Lipinski definition) is 2. The number of nitro groups is 1. The third-order valence-electron chi connectivity index (χ3n) is 3.34. The molecule has 130 valence electrons.